The highest BCUT2D eigenvalue weighted by Gasteiger charge is 2.32. The molecule has 1 amide bonds. The summed E-state index contributed by atoms with van der Waals surface area (Å²) >= 11 is 0. The van der Waals surface area contributed by atoms with Crippen molar-refractivity contribution in [3.05, 3.63) is 60.3 Å². The largest absolute Gasteiger partial charge is 0.464 e. The molecule has 0 saturated carbocycles. The third-order valence-corrected chi connectivity index (χ3v) is 6.03. The first-order valence-corrected chi connectivity index (χ1v) is 10.3. The van der Waals surface area contributed by atoms with Gasteiger partial charge >= 0.3 is 5.97 Å². The van der Waals surface area contributed by atoms with E-state index in [1.165, 1.54) is 22.6 Å². The summed E-state index contributed by atoms with van der Waals surface area (Å²) in [5, 5.41) is 3.79. The number of quaternary nitrogens is 2. The van der Waals surface area contributed by atoms with Gasteiger partial charge in [0.1, 0.15) is 37.6 Å². The van der Waals surface area contributed by atoms with Crippen molar-refractivity contribution in [2.45, 2.75) is 13.0 Å². The van der Waals surface area contributed by atoms with E-state index in [0.717, 1.165) is 37.1 Å². The molecule has 3 aromatic rings. The Morgan fingerprint density at radius 1 is 1.00 bits per heavy atom. The smallest absolute Gasteiger partial charge is 0.356 e. The highest BCUT2D eigenvalue weighted by atomic mass is 16.5. The maximum absolute atomic E-state index is 13.1. The van der Waals surface area contributed by atoms with Crippen LogP contribution in [0.5, 0.6) is 0 Å². The van der Waals surface area contributed by atoms with Gasteiger partial charge in [0.2, 0.25) is 0 Å². The molecule has 0 unspecified atom stereocenters. The molecule has 1 aliphatic rings. The number of anilines is 1. The summed E-state index contributed by atoms with van der Waals surface area (Å²) in [7, 11) is 1.33. The van der Waals surface area contributed by atoms with E-state index < -0.39 is 5.97 Å². The molecule has 0 aliphatic carbocycles. The molecular weight excluding hydrogens is 380 g/mol. The van der Waals surface area contributed by atoms with Crippen LogP contribution in [0.15, 0.2) is 54.6 Å². The number of nitrogens with one attached hydrogen (secondary N) is 4. The normalized spacial score (nSPS) is 19.9. The van der Waals surface area contributed by atoms with Gasteiger partial charge in [-0.25, -0.2) is 4.79 Å². The zero-order chi connectivity index (χ0) is 21.1. The molecule has 2 heterocycles. The highest BCUT2D eigenvalue weighted by Crippen LogP contribution is 2.28. The lowest BCUT2D eigenvalue weighted by Crippen LogP contribution is -3.28. The summed E-state index contributed by atoms with van der Waals surface area (Å²) in [6.45, 7) is 5.74. The van der Waals surface area contributed by atoms with Crippen LogP contribution < -0.4 is 15.1 Å². The number of hydrogen-bond acceptors (Lipinski definition) is 3. The first kappa shape index (κ1) is 20.1. The standard InChI is InChI=1S/C23H26N4O3/c1-16(26-12-14-27(15-13-26)17-8-4-3-5-9-17)22(28)25-20-18-10-6-7-11-19(18)24-21(20)23(29)30-2/h3-11,16,24H,12-15H2,1-2H3,(H,25,28)/p+2/t16-/m1/s1. The van der Waals surface area contributed by atoms with Crippen LogP contribution in [-0.2, 0) is 9.53 Å². The molecule has 0 bridgehead atoms. The first-order valence-electron chi connectivity index (χ1n) is 10.3. The van der Waals surface area contributed by atoms with Gasteiger partial charge in [-0.2, -0.15) is 0 Å². The van der Waals surface area contributed by atoms with E-state index in [2.05, 4.69) is 34.6 Å². The van der Waals surface area contributed by atoms with E-state index >= 15 is 0 Å². The Morgan fingerprint density at radius 2 is 1.67 bits per heavy atom. The number of carbonyl (C=O) groups is 2. The number of benzene rings is 2. The Bertz CT molecular complexity index is 1040. The maximum atomic E-state index is 13.1. The number of rotatable bonds is 5. The molecule has 1 aromatic heterocycles. The number of aromatic amines is 1. The topological polar surface area (TPSA) is 80.1 Å². The molecule has 7 nitrogen and oxygen atoms in total. The Labute approximate surface area is 175 Å². The number of piperazine rings is 1. The van der Waals surface area contributed by atoms with Crippen molar-refractivity contribution in [3.8, 4) is 0 Å². The predicted molar refractivity (Wildman–Crippen MR) is 115 cm³/mol. The second-order valence-electron chi connectivity index (χ2n) is 7.75. The Kier molecular flexibility index (Phi) is 5.83. The fourth-order valence-electron chi connectivity index (χ4n) is 4.21. The molecule has 1 saturated heterocycles. The fourth-order valence-corrected chi connectivity index (χ4v) is 4.21. The molecule has 2 aromatic carbocycles. The van der Waals surface area contributed by atoms with Gasteiger partial charge < -0.3 is 19.9 Å². The summed E-state index contributed by atoms with van der Waals surface area (Å²) in [5.41, 5.74) is 2.85. The molecule has 4 N–H and O–H groups in total. The Balaban J connectivity index is 1.46. The minimum absolute atomic E-state index is 0.0944. The fraction of sp³-hybridized carbons (Fsp3) is 0.304. The molecule has 1 fully saturated rings. The minimum Gasteiger partial charge on any atom is -0.464 e. The van der Waals surface area contributed by atoms with Crippen LogP contribution in [0.1, 0.15) is 17.4 Å². The number of aromatic nitrogens is 1. The molecule has 0 spiro atoms. The summed E-state index contributed by atoms with van der Waals surface area (Å²) in [5.74, 6) is -0.593. The van der Waals surface area contributed by atoms with E-state index in [1.54, 1.807) is 0 Å². The van der Waals surface area contributed by atoms with Gasteiger partial charge in [-0.05, 0) is 25.1 Å². The summed E-state index contributed by atoms with van der Waals surface area (Å²) in [4.78, 5) is 31.1. The number of ether oxygens (including phenoxy) is 1. The molecule has 30 heavy (non-hydrogen) atoms. The van der Waals surface area contributed by atoms with Gasteiger partial charge in [0.05, 0.1) is 12.8 Å². The number of methoxy groups -OCH3 is 1. The van der Waals surface area contributed by atoms with Gasteiger partial charge in [0.25, 0.3) is 5.91 Å². The van der Waals surface area contributed by atoms with Crippen molar-refractivity contribution in [3.63, 3.8) is 0 Å². The van der Waals surface area contributed by atoms with Crippen LogP contribution >= 0.6 is 0 Å². The second-order valence-corrected chi connectivity index (χ2v) is 7.75. The van der Waals surface area contributed by atoms with Gasteiger partial charge in [0, 0.05) is 10.9 Å². The van der Waals surface area contributed by atoms with Crippen LogP contribution in [0.25, 0.3) is 10.9 Å². The van der Waals surface area contributed by atoms with E-state index in [9.17, 15) is 9.59 Å². The SMILES string of the molecule is COC(=O)c1[nH]c2ccccc2c1NC(=O)[C@@H](C)[NH+]1CC[NH+](c2ccccc2)CC1. The molecule has 7 heteroatoms. The maximum Gasteiger partial charge on any atom is 0.356 e. The number of amides is 1. The van der Waals surface area contributed by atoms with Crippen molar-refractivity contribution < 1.29 is 24.1 Å². The lowest BCUT2D eigenvalue weighted by molar-refractivity contribution is -0.994. The quantitative estimate of drug-likeness (QED) is 0.462. The highest BCUT2D eigenvalue weighted by molar-refractivity contribution is 6.11. The molecule has 156 valence electrons. The van der Waals surface area contributed by atoms with Crippen LogP contribution in [0, 0.1) is 0 Å². The number of esters is 1. The van der Waals surface area contributed by atoms with E-state index in [1.807, 2.05) is 37.3 Å². The molecule has 4 rings (SSSR count). The van der Waals surface area contributed by atoms with Crippen LogP contribution in [0.4, 0.5) is 11.4 Å². The van der Waals surface area contributed by atoms with Crippen LogP contribution in [0.2, 0.25) is 0 Å². The summed E-state index contributed by atoms with van der Waals surface area (Å²) in [6.07, 6.45) is 0. The van der Waals surface area contributed by atoms with Crippen molar-refractivity contribution >= 4 is 34.2 Å². The molecule has 1 atom stereocenters. The average Bonchev–Trinajstić information content (AvgIpc) is 3.17. The van der Waals surface area contributed by atoms with E-state index in [-0.39, 0.29) is 17.6 Å². The zero-order valence-electron chi connectivity index (χ0n) is 17.3. The summed E-state index contributed by atoms with van der Waals surface area (Å²) in [6, 6.07) is 17.8. The number of H-pyrrole nitrogens is 1. The molecule has 0 radical (unpaired) electrons. The number of hydrogen-bond donors (Lipinski definition) is 4. The predicted octanol–water partition coefficient (Wildman–Crippen LogP) is 0.397. The van der Waals surface area contributed by atoms with Crippen molar-refractivity contribution in [2.75, 3.05) is 38.6 Å². The van der Waals surface area contributed by atoms with Crippen molar-refractivity contribution in [1.29, 1.82) is 0 Å². The zero-order valence-corrected chi connectivity index (χ0v) is 17.3. The van der Waals surface area contributed by atoms with Crippen molar-refractivity contribution in [2.24, 2.45) is 0 Å². The van der Waals surface area contributed by atoms with Gasteiger partial charge in [-0.3, -0.25) is 9.69 Å². The number of para-hydroxylation sites is 2. The van der Waals surface area contributed by atoms with E-state index in [4.69, 9.17) is 4.74 Å². The summed E-state index contributed by atoms with van der Waals surface area (Å²) < 4.78 is 4.89. The third kappa shape index (κ3) is 3.94. The average molecular weight is 409 g/mol. The van der Waals surface area contributed by atoms with Crippen molar-refractivity contribution in [1.82, 2.24) is 4.98 Å². The van der Waals surface area contributed by atoms with Gasteiger partial charge in [-0.1, -0.05) is 36.4 Å². The first-order chi connectivity index (χ1) is 14.6. The van der Waals surface area contributed by atoms with E-state index in [0.29, 0.717) is 5.69 Å². The number of fused-ring (bicyclic) bond motifs is 1. The molecule has 1 aliphatic heterocycles. The molecular formula is C23H28N4O3+2. The van der Waals surface area contributed by atoms with Crippen LogP contribution in [0.3, 0.4) is 0 Å². The third-order valence-electron chi connectivity index (χ3n) is 6.03. The minimum atomic E-state index is -0.499. The van der Waals surface area contributed by atoms with Gasteiger partial charge in [0.15, 0.2) is 6.04 Å². The monoisotopic (exact) mass is 408 g/mol. The second kappa shape index (κ2) is 8.69. The van der Waals surface area contributed by atoms with Crippen LogP contribution in [-0.4, -0.2) is 56.2 Å². The van der Waals surface area contributed by atoms with Gasteiger partial charge in [-0.15, -0.1) is 0 Å². The number of carbonyl (C=O) groups excluding carboxylic acids is 2. The Hall–Kier alpha value is -3.16. The lowest BCUT2D eigenvalue weighted by Gasteiger charge is -2.32. The lowest BCUT2D eigenvalue weighted by atomic mass is 10.1. The Morgan fingerprint density at radius 3 is 2.37 bits per heavy atom.